The molecule has 0 atom stereocenters. The predicted octanol–water partition coefficient (Wildman–Crippen LogP) is 1.69. The van der Waals surface area contributed by atoms with E-state index in [0.29, 0.717) is 17.3 Å². The van der Waals surface area contributed by atoms with Crippen LogP contribution in [0, 0.1) is 0 Å². The molecule has 7 heteroatoms. The van der Waals surface area contributed by atoms with Crippen LogP contribution in [0.5, 0.6) is 0 Å². The molecule has 0 aliphatic carbocycles. The van der Waals surface area contributed by atoms with Gasteiger partial charge in [-0.25, -0.2) is 13.2 Å². The average molecular weight is 337 g/mol. The topological polar surface area (TPSA) is 91.7 Å². The van der Waals surface area contributed by atoms with Crippen LogP contribution in [0.1, 0.15) is 23.2 Å². The van der Waals surface area contributed by atoms with Gasteiger partial charge in [-0.05, 0) is 47.0 Å². The normalized spacial score (nSPS) is 11.4. The Bertz CT molecular complexity index is 538. The van der Waals surface area contributed by atoms with E-state index in [0.717, 1.165) is 6.07 Å². The molecule has 0 radical (unpaired) electrons. The highest BCUT2D eigenvalue weighted by molar-refractivity contribution is 9.10. The highest BCUT2D eigenvalue weighted by Gasteiger charge is 2.19. The minimum Gasteiger partial charge on any atom is -0.478 e. The number of carboxylic acids is 1. The van der Waals surface area contributed by atoms with Gasteiger partial charge < -0.3 is 10.2 Å². The quantitative estimate of drug-likeness (QED) is 0.771. The van der Waals surface area contributed by atoms with Gasteiger partial charge in [0, 0.05) is 11.1 Å². The average Bonchev–Trinajstić information content (AvgIpc) is 2.29. The Morgan fingerprint density at radius 1 is 1.28 bits per heavy atom. The summed E-state index contributed by atoms with van der Waals surface area (Å²) in [4.78, 5) is 10.8. The van der Waals surface area contributed by atoms with Gasteiger partial charge >= 0.3 is 5.97 Å². The van der Waals surface area contributed by atoms with Crippen LogP contribution >= 0.6 is 15.9 Å². The van der Waals surface area contributed by atoms with E-state index >= 15 is 0 Å². The van der Waals surface area contributed by atoms with Crippen molar-refractivity contribution in [1.82, 2.24) is 0 Å². The monoisotopic (exact) mass is 336 g/mol. The Balaban J connectivity index is 3.07. The minimum absolute atomic E-state index is 0.0275. The zero-order valence-corrected chi connectivity index (χ0v) is 11.9. The maximum absolute atomic E-state index is 12.0. The van der Waals surface area contributed by atoms with Gasteiger partial charge in [-0.3, -0.25) is 0 Å². The smallest absolute Gasteiger partial charge is 0.335 e. The number of halogens is 1. The van der Waals surface area contributed by atoms with Gasteiger partial charge in [-0.15, -0.1) is 0 Å². The highest BCUT2D eigenvalue weighted by Crippen LogP contribution is 2.25. The maximum Gasteiger partial charge on any atom is 0.335 e. The molecule has 0 amide bonds. The number of benzene rings is 1. The zero-order valence-electron chi connectivity index (χ0n) is 9.47. The second-order valence-corrected chi connectivity index (χ2v) is 6.63. The molecule has 1 aromatic carbocycles. The molecule has 100 valence electrons. The van der Waals surface area contributed by atoms with Crippen LogP contribution in [-0.2, 0) is 9.84 Å². The molecule has 0 unspecified atom stereocenters. The second kappa shape index (κ2) is 6.31. The summed E-state index contributed by atoms with van der Waals surface area (Å²) in [7, 11) is -3.54. The largest absolute Gasteiger partial charge is 0.478 e. The summed E-state index contributed by atoms with van der Waals surface area (Å²) in [5.41, 5.74) is -0.0704. The van der Waals surface area contributed by atoms with Crippen molar-refractivity contribution in [3.63, 3.8) is 0 Å². The molecule has 0 saturated heterocycles. The first-order valence-electron chi connectivity index (χ1n) is 5.25. The molecule has 0 bridgehead atoms. The molecule has 0 spiro atoms. The van der Waals surface area contributed by atoms with Crippen molar-refractivity contribution < 1.29 is 23.4 Å². The fourth-order valence-corrected chi connectivity index (χ4v) is 3.85. The Hall–Kier alpha value is -0.920. The Morgan fingerprint density at radius 3 is 2.50 bits per heavy atom. The lowest BCUT2D eigenvalue weighted by Crippen LogP contribution is -2.09. The van der Waals surface area contributed by atoms with E-state index in [1.165, 1.54) is 12.1 Å². The number of sulfone groups is 1. The van der Waals surface area contributed by atoms with E-state index in [1.54, 1.807) is 0 Å². The third-order valence-electron chi connectivity index (χ3n) is 2.33. The molecule has 1 rings (SSSR count). The number of hydrogen-bond acceptors (Lipinski definition) is 4. The Labute approximate surface area is 113 Å². The van der Waals surface area contributed by atoms with E-state index < -0.39 is 15.8 Å². The molecule has 5 nitrogen and oxygen atoms in total. The van der Waals surface area contributed by atoms with Gasteiger partial charge in [0.25, 0.3) is 0 Å². The number of aliphatic hydroxyl groups excluding tert-OH is 1. The van der Waals surface area contributed by atoms with Crippen LogP contribution in [0.15, 0.2) is 27.6 Å². The Morgan fingerprint density at radius 2 is 1.94 bits per heavy atom. The fraction of sp³-hybridized carbons (Fsp3) is 0.364. The molecule has 18 heavy (non-hydrogen) atoms. The summed E-state index contributed by atoms with van der Waals surface area (Å²) in [6, 6.07) is 3.88. The number of rotatable bonds is 6. The van der Waals surface area contributed by atoms with Crippen molar-refractivity contribution in [2.45, 2.75) is 17.7 Å². The molecule has 0 aliphatic heterocycles. The first-order chi connectivity index (χ1) is 8.38. The summed E-state index contributed by atoms with van der Waals surface area (Å²) in [5.74, 6) is -1.29. The van der Waals surface area contributed by atoms with E-state index in [2.05, 4.69) is 15.9 Å². The van der Waals surface area contributed by atoms with Crippen molar-refractivity contribution in [2.24, 2.45) is 0 Å². The van der Waals surface area contributed by atoms with Gasteiger partial charge in [-0.1, -0.05) is 0 Å². The first kappa shape index (κ1) is 15.1. The molecule has 0 fully saturated rings. The summed E-state index contributed by atoms with van der Waals surface area (Å²) >= 11 is 3.10. The summed E-state index contributed by atoms with van der Waals surface area (Å²) in [6.07, 6.45) is 0.734. The van der Waals surface area contributed by atoms with Crippen LogP contribution < -0.4 is 0 Å². The van der Waals surface area contributed by atoms with Crippen LogP contribution in [0.2, 0.25) is 0 Å². The molecule has 1 aromatic rings. The summed E-state index contributed by atoms with van der Waals surface area (Å²) in [5, 5.41) is 17.5. The van der Waals surface area contributed by atoms with Crippen molar-refractivity contribution in [1.29, 1.82) is 0 Å². The van der Waals surface area contributed by atoms with Crippen molar-refractivity contribution in [3.8, 4) is 0 Å². The third kappa shape index (κ3) is 3.79. The van der Waals surface area contributed by atoms with Crippen molar-refractivity contribution in [3.05, 3.63) is 28.2 Å². The number of aromatic carboxylic acids is 1. The lowest BCUT2D eigenvalue weighted by atomic mass is 10.2. The van der Waals surface area contributed by atoms with Gasteiger partial charge in [-0.2, -0.15) is 0 Å². The minimum atomic E-state index is -3.54. The number of carbonyl (C=O) groups is 1. The predicted molar refractivity (Wildman–Crippen MR) is 69.5 cm³/mol. The molecule has 2 N–H and O–H groups in total. The van der Waals surface area contributed by atoms with Crippen LogP contribution in [0.25, 0.3) is 0 Å². The summed E-state index contributed by atoms with van der Waals surface area (Å²) in [6.45, 7) is -0.0636. The zero-order chi connectivity index (χ0) is 13.8. The first-order valence-corrected chi connectivity index (χ1v) is 7.69. The number of carboxylic acid groups (broad SMARTS) is 1. The highest BCUT2D eigenvalue weighted by atomic mass is 79.9. The van der Waals surface area contributed by atoms with E-state index in [-0.39, 0.29) is 22.8 Å². The standard InChI is InChI=1S/C11H13BrO5S/c12-9-4-3-8(11(14)15)7-10(9)18(16,17)6-2-1-5-13/h3-4,7,13H,1-2,5-6H2,(H,14,15). The van der Waals surface area contributed by atoms with Crippen molar-refractivity contribution >= 4 is 31.7 Å². The van der Waals surface area contributed by atoms with Gasteiger partial charge in [0.1, 0.15) is 0 Å². The number of hydrogen-bond donors (Lipinski definition) is 2. The van der Waals surface area contributed by atoms with E-state index in [4.69, 9.17) is 10.2 Å². The van der Waals surface area contributed by atoms with Crippen LogP contribution in [-0.4, -0.2) is 37.0 Å². The van der Waals surface area contributed by atoms with Crippen LogP contribution in [0.3, 0.4) is 0 Å². The molecular weight excluding hydrogens is 324 g/mol. The van der Waals surface area contributed by atoms with Gasteiger partial charge in [0.15, 0.2) is 9.84 Å². The number of unbranched alkanes of at least 4 members (excludes halogenated alkanes) is 1. The second-order valence-electron chi connectivity index (χ2n) is 3.70. The van der Waals surface area contributed by atoms with E-state index in [1.807, 2.05) is 0 Å². The molecule has 0 saturated carbocycles. The lowest BCUT2D eigenvalue weighted by Gasteiger charge is -2.07. The fourth-order valence-electron chi connectivity index (χ4n) is 1.39. The van der Waals surface area contributed by atoms with Gasteiger partial charge in [0.2, 0.25) is 0 Å². The lowest BCUT2D eigenvalue weighted by molar-refractivity contribution is 0.0696. The van der Waals surface area contributed by atoms with Gasteiger partial charge in [0.05, 0.1) is 16.2 Å². The molecule has 0 aliphatic rings. The molecular formula is C11H13BrO5S. The Kier molecular flexibility index (Phi) is 5.30. The SMILES string of the molecule is O=C(O)c1ccc(Br)c(S(=O)(=O)CCCCO)c1. The van der Waals surface area contributed by atoms with Crippen LogP contribution in [0.4, 0.5) is 0 Å². The molecule has 0 heterocycles. The third-order valence-corrected chi connectivity index (χ3v) is 5.12. The van der Waals surface area contributed by atoms with E-state index in [9.17, 15) is 13.2 Å². The number of aliphatic hydroxyl groups is 1. The molecule has 0 aromatic heterocycles. The van der Waals surface area contributed by atoms with Crippen molar-refractivity contribution in [2.75, 3.05) is 12.4 Å². The maximum atomic E-state index is 12.0. The summed E-state index contributed by atoms with van der Waals surface area (Å²) < 4.78 is 24.3.